The van der Waals surface area contributed by atoms with E-state index in [1.165, 1.54) is 24.1 Å². The molecule has 1 aromatic rings. The zero-order chi connectivity index (χ0) is 12.3. The minimum atomic E-state index is 0.316. The summed E-state index contributed by atoms with van der Waals surface area (Å²) in [5.41, 5.74) is 0. The molecule has 0 saturated carbocycles. The van der Waals surface area contributed by atoms with Gasteiger partial charge in [0.2, 0.25) is 0 Å². The van der Waals surface area contributed by atoms with Crippen LogP contribution in [0.4, 0.5) is 0 Å². The monoisotopic (exact) mass is 255 g/mol. The summed E-state index contributed by atoms with van der Waals surface area (Å²) < 4.78 is 5.77. The van der Waals surface area contributed by atoms with Gasteiger partial charge in [-0.2, -0.15) is 0 Å². The van der Waals surface area contributed by atoms with Gasteiger partial charge in [0.05, 0.1) is 12.7 Å². The maximum absolute atomic E-state index is 5.77. The van der Waals surface area contributed by atoms with Crippen LogP contribution in [-0.2, 0) is 11.2 Å². The second-order valence-corrected chi connectivity index (χ2v) is 5.45. The molecule has 1 N–H and O–H groups in total. The zero-order valence-corrected chi connectivity index (χ0v) is 11.9. The zero-order valence-electron chi connectivity index (χ0n) is 11.1. The molecule has 1 atom stereocenters. The molecule has 0 bridgehead atoms. The standard InChI is InChI=1S/C14H25NOS/c1-3-4-5-9-15-12-13(2)16-10-8-14-7-6-11-17-14/h6-7,11,13,15H,3-5,8-10,12H2,1-2H3. The lowest BCUT2D eigenvalue weighted by molar-refractivity contribution is 0.0686. The second-order valence-electron chi connectivity index (χ2n) is 4.42. The Hall–Kier alpha value is -0.380. The molecule has 17 heavy (non-hydrogen) atoms. The van der Waals surface area contributed by atoms with E-state index in [0.29, 0.717) is 6.10 Å². The topological polar surface area (TPSA) is 21.3 Å². The Balaban J connectivity index is 1.92. The van der Waals surface area contributed by atoms with Gasteiger partial charge in [-0.15, -0.1) is 11.3 Å². The van der Waals surface area contributed by atoms with Crippen molar-refractivity contribution in [3.05, 3.63) is 22.4 Å². The molecular formula is C14H25NOS. The van der Waals surface area contributed by atoms with Crippen LogP contribution in [0.5, 0.6) is 0 Å². The number of unbranched alkanes of at least 4 members (excludes halogenated alkanes) is 2. The Morgan fingerprint density at radius 3 is 3.00 bits per heavy atom. The maximum atomic E-state index is 5.77. The number of nitrogens with one attached hydrogen (secondary N) is 1. The lowest BCUT2D eigenvalue weighted by Gasteiger charge is -2.13. The molecule has 0 radical (unpaired) electrons. The van der Waals surface area contributed by atoms with E-state index in [9.17, 15) is 0 Å². The highest BCUT2D eigenvalue weighted by molar-refractivity contribution is 7.09. The Labute approximate surface area is 109 Å². The molecule has 0 fully saturated rings. The molecule has 1 rings (SSSR count). The van der Waals surface area contributed by atoms with Crippen molar-refractivity contribution in [2.45, 2.75) is 45.6 Å². The van der Waals surface area contributed by atoms with Crippen LogP contribution < -0.4 is 5.32 Å². The van der Waals surface area contributed by atoms with Crippen LogP contribution >= 0.6 is 11.3 Å². The first-order chi connectivity index (χ1) is 8.33. The molecule has 0 spiro atoms. The third kappa shape index (κ3) is 7.53. The van der Waals surface area contributed by atoms with E-state index in [4.69, 9.17) is 4.74 Å². The first-order valence-electron chi connectivity index (χ1n) is 6.67. The van der Waals surface area contributed by atoms with Gasteiger partial charge in [0.15, 0.2) is 0 Å². The molecular weight excluding hydrogens is 230 g/mol. The van der Waals surface area contributed by atoms with Crippen LogP contribution in [0.3, 0.4) is 0 Å². The van der Waals surface area contributed by atoms with Crippen molar-refractivity contribution in [2.75, 3.05) is 19.7 Å². The Morgan fingerprint density at radius 2 is 2.29 bits per heavy atom. The number of hydrogen-bond donors (Lipinski definition) is 1. The molecule has 0 aliphatic heterocycles. The summed E-state index contributed by atoms with van der Waals surface area (Å²) in [7, 11) is 0. The Bertz CT molecular complexity index is 261. The molecule has 1 aromatic heterocycles. The summed E-state index contributed by atoms with van der Waals surface area (Å²) in [5.74, 6) is 0. The smallest absolute Gasteiger partial charge is 0.0671 e. The molecule has 0 aromatic carbocycles. The molecule has 0 saturated heterocycles. The maximum Gasteiger partial charge on any atom is 0.0671 e. The highest BCUT2D eigenvalue weighted by Gasteiger charge is 2.01. The third-order valence-electron chi connectivity index (χ3n) is 2.72. The molecule has 0 aliphatic carbocycles. The van der Waals surface area contributed by atoms with E-state index < -0.39 is 0 Å². The van der Waals surface area contributed by atoms with Gasteiger partial charge < -0.3 is 10.1 Å². The van der Waals surface area contributed by atoms with Crippen LogP contribution in [-0.4, -0.2) is 25.8 Å². The Morgan fingerprint density at radius 1 is 1.41 bits per heavy atom. The summed E-state index contributed by atoms with van der Waals surface area (Å²) in [6, 6.07) is 4.26. The number of rotatable bonds is 10. The minimum absolute atomic E-state index is 0.316. The van der Waals surface area contributed by atoms with Crippen LogP contribution in [0.15, 0.2) is 17.5 Å². The van der Waals surface area contributed by atoms with Crippen LogP contribution in [0.25, 0.3) is 0 Å². The van der Waals surface area contributed by atoms with Crippen molar-refractivity contribution in [3.8, 4) is 0 Å². The number of ether oxygens (including phenoxy) is 1. The number of hydrogen-bond acceptors (Lipinski definition) is 3. The highest BCUT2D eigenvalue weighted by atomic mass is 32.1. The average Bonchev–Trinajstić information content (AvgIpc) is 2.82. The van der Waals surface area contributed by atoms with Gasteiger partial charge in [-0.3, -0.25) is 0 Å². The van der Waals surface area contributed by atoms with Crippen molar-refractivity contribution in [2.24, 2.45) is 0 Å². The molecule has 1 unspecified atom stereocenters. The van der Waals surface area contributed by atoms with Crippen LogP contribution in [0.2, 0.25) is 0 Å². The summed E-state index contributed by atoms with van der Waals surface area (Å²) in [5, 5.41) is 5.56. The average molecular weight is 255 g/mol. The van der Waals surface area contributed by atoms with E-state index in [1.807, 2.05) is 0 Å². The summed E-state index contributed by atoms with van der Waals surface area (Å²) in [4.78, 5) is 1.41. The molecule has 98 valence electrons. The van der Waals surface area contributed by atoms with Crippen molar-refractivity contribution < 1.29 is 4.74 Å². The van der Waals surface area contributed by atoms with Crippen molar-refractivity contribution in [1.29, 1.82) is 0 Å². The molecule has 3 heteroatoms. The fourth-order valence-corrected chi connectivity index (χ4v) is 2.37. The fourth-order valence-electron chi connectivity index (χ4n) is 1.68. The summed E-state index contributed by atoms with van der Waals surface area (Å²) in [6.45, 7) is 7.29. The largest absolute Gasteiger partial charge is 0.377 e. The molecule has 1 heterocycles. The second kappa shape index (κ2) is 9.63. The van der Waals surface area contributed by atoms with Gasteiger partial charge in [0.25, 0.3) is 0 Å². The minimum Gasteiger partial charge on any atom is -0.377 e. The normalized spacial score (nSPS) is 12.8. The van der Waals surface area contributed by atoms with Gasteiger partial charge in [-0.25, -0.2) is 0 Å². The quantitative estimate of drug-likeness (QED) is 0.646. The van der Waals surface area contributed by atoms with E-state index in [2.05, 4.69) is 36.7 Å². The van der Waals surface area contributed by atoms with Crippen molar-refractivity contribution >= 4 is 11.3 Å². The molecule has 2 nitrogen and oxygen atoms in total. The van der Waals surface area contributed by atoms with Crippen molar-refractivity contribution in [1.82, 2.24) is 5.32 Å². The van der Waals surface area contributed by atoms with Gasteiger partial charge in [-0.1, -0.05) is 25.8 Å². The van der Waals surface area contributed by atoms with Gasteiger partial charge >= 0.3 is 0 Å². The summed E-state index contributed by atoms with van der Waals surface area (Å²) in [6.07, 6.45) is 5.24. The van der Waals surface area contributed by atoms with Crippen LogP contribution in [0.1, 0.15) is 38.0 Å². The molecule has 0 amide bonds. The predicted octanol–water partition coefficient (Wildman–Crippen LogP) is 3.48. The third-order valence-corrected chi connectivity index (χ3v) is 3.66. The summed E-state index contributed by atoms with van der Waals surface area (Å²) >= 11 is 1.81. The SMILES string of the molecule is CCCCCNCC(C)OCCc1cccs1. The van der Waals surface area contributed by atoms with E-state index >= 15 is 0 Å². The van der Waals surface area contributed by atoms with E-state index in [0.717, 1.165) is 26.1 Å². The van der Waals surface area contributed by atoms with Gasteiger partial charge in [0, 0.05) is 17.8 Å². The lowest BCUT2D eigenvalue weighted by Crippen LogP contribution is -2.28. The van der Waals surface area contributed by atoms with Crippen LogP contribution in [0, 0.1) is 0 Å². The fraction of sp³-hybridized carbons (Fsp3) is 0.714. The lowest BCUT2D eigenvalue weighted by atomic mass is 10.2. The first-order valence-corrected chi connectivity index (χ1v) is 7.55. The predicted molar refractivity (Wildman–Crippen MR) is 75.8 cm³/mol. The molecule has 0 aliphatic rings. The van der Waals surface area contributed by atoms with Gasteiger partial charge in [0.1, 0.15) is 0 Å². The van der Waals surface area contributed by atoms with E-state index in [-0.39, 0.29) is 0 Å². The van der Waals surface area contributed by atoms with E-state index in [1.54, 1.807) is 11.3 Å². The highest BCUT2D eigenvalue weighted by Crippen LogP contribution is 2.09. The number of thiophene rings is 1. The Kier molecular flexibility index (Phi) is 8.32. The van der Waals surface area contributed by atoms with Crippen molar-refractivity contribution in [3.63, 3.8) is 0 Å². The van der Waals surface area contributed by atoms with Gasteiger partial charge in [-0.05, 0) is 31.3 Å². The first kappa shape index (κ1) is 14.7.